The van der Waals surface area contributed by atoms with Crippen LogP contribution in [-0.2, 0) is 21.1 Å². The van der Waals surface area contributed by atoms with E-state index in [1.54, 1.807) is 12.1 Å². The number of nitro benzene ring substituents is 1. The van der Waals surface area contributed by atoms with Crippen LogP contribution in [0.5, 0.6) is 0 Å². The van der Waals surface area contributed by atoms with Gasteiger partial charge in [0, 0.05) is 11.8 Å². The minimum atomic E-state index is -4.20. The SMILES string of the molecule is CCc1ccccc1NC(=O)CNc1ccccc1S(=O)(=O)c1ccccc1[N+](=O)[O-]. The lowest BCUT2D eigenvalue weighted by Crippen LogP contribution is -2.23. The molecule has 0 radical (unpaired) electrons. The molecule has 0 atom stereocenters. The van der Waals surface area contributed by atoms with Crippen LogP contribution in [0.2, 0.25) is 0 Å². The summed E-state index contributed by atoms with van der Waals surface area (Å²) in [6.07, 6.45) is 0.751. The molecule has 0 aromatic heterocycles. The molecule has 9 heteroatoms. The number of hydrogen-bond acceptors (Lipinski definition) is 6. The molecule has 0 saturated heterocycles. The lowest BCUT2D eigenvalue weighted by atomic mass is 10.1. The standard InChI is InChI=1S/C22H21N3O5S/c1-2-16-9-3-4-10-17(16)24-22(26)15-23-18-11-5-7-13-20(18)31(29,30)21-14-8-6-12-19(21)25(27)28/h3-14,23H,2,15H2,1H3,(H,24,26). The van der Waals surface area contributed by atoms with Gasteiger partial charge >= 0.3 is 0 Å². The highest BCUT2D eigenvalue weighted by atomic mass is 32.2. The van der Waals surface area contributed by atoms with Crippen LogP contribution in [-0.4, -0.2) is 25.8 Å². The molecule has 3 aromatic rings. The molecule has 0 unspecified atom stereocenters. The van der Waals surface area contributed by atoms with Gasteiger partial charge in [-0.2, -0.15) is 0 Å². The molecular formula is C22H21N3O5S. The van der Waals surface area contributed by atoms with E-state index in [1.165, 1.54) is 36.4 Å². The van der Waals surface area contributed by atoms with Gasteiger partial charge in [0.1, 0.15) is 4.90 Å². The van der Waals surface area contributed by atoms with Crippen LogP contribution in [0.4, 0.5) is 17.1 Å². The summed E-state index contributed by atoms with van der Waals surface area (Å²) in [6, 6.07) is 18.6. The monoisotopic (exact) mass is 439 g/mol. The molecule has 2 N–H and O–H groups in total. The van der Waals surface area contributed by atoms with Gasteiger partial charge in [0.2, 0.25) is 15.7 Å². The molecule has 160 valence electrons. The first kappa shape index (κ1) is 22.0. The van der Waals surface area contributed by atoms with Crippen LogP contribution in [0, 0.1) is 10.1 Å². The van der Waals surface area contributed by atoms with E-state index in [9.17, 15) is 23.3 Å². The number of carbonyl (C=O) groups excluding carboxylic acids is 1. The molecule has 1 amide bonds. The van der Waals surface area contributed by atoms with E-state index in [0.717, 1.165) is 18.1 Å². The Kier molecular flexibility index (Phi) is 6.66. The van der Waals surface area contributed by atoms with Crippen LogP contribution in [0.15, 0.2) is 82.6 Å². The average molecular weight is 439 g/mol. The van der Waals surface area contributed by atoms with E-state index in [2.05, 4.69) is 10.6 Å². The first-order chi connectivity index (χ1) is 14.8. The van der Waals surface area contributed by atoms with Crippen molar-refractivity contribution < 1.29 is 18.1 Å². The number of amides is 1. The zero-order valence-electron chi connectivity index (χ0n) is 16.7. The van der Waals surface area contributed by atoms with Gasteiger partial charge in [-0.1, -0.05) is 49.4 Å². The Morgan fingerprint density at radius 1 is 0.903 bits per heavy atom. The number of benzene rings is 3. The highest BCUT2D eigenvalue weighted by molar-refractivity contribution is 7.91. The van der Waals surface area contributed by atoms with E-state index in [0.29, 0.717) is 5.69 Å². The van der Waals surface area contributed by atoms with Crippen molar-refractivity contribution in [2.75, 3.05) is 17.2 Å². The van der Waals surface area contributed by atoms with Crippen molar-refractivity contribution in [1.82, 2.24) is 0 Å². The van der Waals surface area contributed by atoms with Crippen LogP contribution in [0.1, 0.15) is 12.5 Å². The topological polar surface area (TPSA) is 118 Å². The third-order valence-electron chi connectivity index (χ3n) is 4.64. The van der Waals surface area contributed by atoms with E-state index in [-0.39, 0.29) is 23.0 Å². The second kappa shape index (κ2) is 9.40. The summed E-state index contributed by atoms with van der Waals surface area (Å²) in [5, 5.41) is 16.9. The van der Waals surface area contributed by atoms with Crippen molar-refractivity contribution in [2.24, 2.45) is 0 Å². The molecule has 0 aliphatic heterocycles. The highest BCUT2D eigenvalue weighted by Crippen LogP contribution is 2.32. The van der Waals surface area contributed by atoms with E-state index >= 15 is 0 Å². The van der Waals surface area contributed by atoms with Crippen LogP contribution in [0.25, 0.3) is 0 Å². The van der Waals surface area contributed by atoms with E-state index in [4.69, 9.17) is 0 Å². The van der Waals surface area contributed by atoms with Crippen molar-refractivity contribution in [3.05, 3.63) is 88.5 Å². The summed E-state index contributed by atoms with van der Waals surface area (Å²) in [4.78, 5) is 22.4. The Balaban J connectivity index is 1.84. The molecule has 8 nitrogen and oxygen atoms in total. The van der Waals surface area contributed by atoms with Crippen molar-refractivity contribution in [2.45, 2.75) is 23.1 Å². The average Bonchev–Trinajstić information content (AvgIpc) is 2.78. The smallest absolute Gasteiger partial charge is 0.288 e. The lowest BCUT2D eigenvalue weighted by molar-refractivity contribution is -0.387. The van der Waals surface area contributed by atoms with Gasteiger partial charge in [0.05, 0.1) is 22.1 Å². The van der Waals surface area contributed by atoms with Gasteiger partial charge in [-0.15, -0.1) is 0 Å². The number of carbonyl (C=O) groups is 1. The molecular weight excluding hydrogens is 418 g/mol. The van der Waals surface area contributed by atoms with Gasteiger partial charge < -0.3 is 10.6 Å². The minimum absolute atomic E-state index is 0.147. The third-order valence-corrected chi connectivity index (χ3v) is 6.50. The first-order valence-electron chi connectivity index (χ1n) is 9.53. The maximum Gasteiger partial charge on any atom is 0.288 e. The predicted molar refractivity (Wildman–Crippen MR) is 118 cm³/mol. The second-order valence-corrected chi connectivity index (χ2v) is 8.52. The van der Waals surface area contributed by atoms with Crippen LogP contribution in [0.3, 0.4) is 0 Å². The number of hydrogen-bond donors (Lipinski definition) is 2. The number of para-hydroxylation sites is 3. The Morgan fingerprint density at radius 3 is 2.16 bits per heavy atom. The molecule has 0 saturated carbocycles. The number of sulfone groups is 1. The summed E-state index contributed by atoms with van der Waals surface area (Å²) in [5.41, 5.74) is 1.35. The van der Waals surface area contributed by atoms with Gasteiger partial charge in [0.15, 0.2) is 0 Å². The third kappa shape index (κ3) is 4.89. The Morgan fingerprint density at radius 2 is 1.48 bits per heavy atom. The summed E-state index contributed by atoms with van der Waals surface area (Å²) in [6.45, 7) is 1.80. The normalized spacial score (nSPS) is 11.0. The molecule has 0 heterocycles. The second-order valence-electron chi connectivity index (χ2n) is 6.64. The summed E-state index contributed by atoms with van der Waals surface area (Å²) >= 11 is 0. The van der Waals surface area contributed by atoms with Gasteiger partial charge in [-0.25, -0.2) is 8.42 Å². The fourth-order valence-electron chi connectivity index (χ4n) is 3.12. The number of aryl methyl sites for hydroxylation is 1. The molecule has 0 fully saturated rings. The summed E-state index contributed by atoms with van der Waals surface area (Å²) in [5.74, 6) is -0.348. The molecule has 0 spiro atoms. The van der Waals surface area contributed by atoms with Gasteiger partial charge in [0.25, 0.3) is 5.69 Å². The van der Waals surface area contributed by atoms with Crippen molar-refractivity contribution in [1.29, 1.82) is 0 Å². The van der Waals surface area contributed by atoms with Gasteiger partial charge in [-0.05, 0) is 36.2 Å². The Hall–Kier alpha value is -3.72. The fraction of sp³-hybridized carbons (Fsp3) is 0.136. The number of nitrogens with zero attached hydrogens (tertiary/aromatic N) is 1. The van der Waals surface area contributed by atoms with Gasteiger partial charge in [-0.3, -0.25) is 14.9 Å². The first-order valence-corrected chi connectivity index (χ1v) is 11.0. The largest absolute Gasteiger partial charge is 0.375 e. The number of nitrogens with one attached hydrogen (secondary N) is 2. The zero-order chi connectivity index (χ0) is 22.4. The zero-order valence-corrected chi connectivity index (χ0v) is 17.6. The number of rotatable bonds is 8. The Labute approximate surface area is 180 Å². The van der Waals surface area contributed by atoms with Crippen molar-refractivity contribution >= 4 is 32.8 Å². The minimum Gasteiger partial charge on any atom is -0.375 e. The summed E-state index contributed by atoms with van der Waals surface area (Å²) < 4.78 is 26.3. The maximum atomic E-state index is 13.2. The molecule has 0 aliphatic carbocycles. The highest BCUT2D eigenvalue weighted by Gasteiger charge is 2.29. The summed E-state index contributed by atoms with van der Waals surface area (Å²) in [7, 11) is -4.20. The quantitative estimate of drug-likeness (QED) is 0.404. The van der Waals surface area contributed by atoms with Crippen LogP contribution >= 0.6 is 0 Å². The number of anilines is 2. The van der Waals surface area contributed by atoms with Crippen molar-refractivity contribution in [3.8, 4) is 0 Å². The van der Waals surface area contributed by atoms with E-state index < -0.39 is 25.3 Å². The Bertz CT molecular complexity index is 1230. The molecule has 31 heavy (non-hydrogen) atoms. The lowest BCUT2D eigenvalue weighted by Gasteiger charge is -2.14. The molecule has 3 aromatic carbocycles. The van der Waals surface area contributed by atoms with Crippen LogP contribution < -0.4 is 10.6 Å². The molecule has 0 bridgehead atoms. The van der Waals surface area contributed by atoms with E-state index in [1.807, 2.05) is 25.1 Å². The number of nitro groups is 1. The molecule has 0 aliphatic rings. The maximum absolute atomic E-state index is 13.2. The predicted octanol–water partition coefficient (Wildman–Crippen LogP) is 4.04. The molecule has 3 rings (SSSR count). The fourth-order valence-corrected chi connectivity index (χ4v) is 4.72. The van der Waals surface area contributed by atoms with Crippen molar-refractivity contribution in [3.63, 3.8) is 0 Å².